The van der Waals surface area contributed by atoms with Crippen molar-refractivity contribution in [1.29, 1.82) is 0 Å². The summed E-state index contributed by atoms with van der Waals surface area (Å²) in [6.45, 7) is 3.85. The van der Waals surface area contributed by atoms with E-state index < -0.39 is 0 Å². The molecule has 3 rings (SSSR count). The van der Waals surface area contributed by atoms with Gasteiger partial charge in [0.2, 0.25) is 0 Å². The minimum atomic E-state index is -0.0481. The summed E-state index contributed by atoms with van der Waals surface area (Å²) in [7, 11) is 0. The molecule has 132 valence electrons. The summed E-state index contributed by atoms with van der Waals surface area (Å²) in [6, 6.07) is 5.85. The van der Waals surface area contributed by atoms with Crippen LogP contribution in [-0.2, 0) is 0 Å². The van der Waals surface area contributed by atoms with Crippen molar-refractivity contribution in [3.63, 3.8) is 0 Å². The summed E-state index contributed by atoms with van der Waals surface area (Å²) in [6.07, 6.45) is 15.5. The molecule has 0 aromatic heterocycles. The van der Waals surface area contributed by atoms with Crippen molar-refractivity contribution in [2.75, 3.05) is 0 Å². The fraction of sp³-hybridized carbons (Fsp3) is 0.636. The maximum atomic E-state index is 13.8. The number of hydrogen-bond acceptors (Lipinski definition) is 0. The molecule has 0 radical (unpaired) electrons. The molecule has 0 saturated heterocycles. The van der Waals surface area contributed by atoms with Crippen LogP contribution in [-0.4, -0.2) is 0 Å². The normalized spacial score (nSPS) is 30.9. The first-order chi connectivity index (χ1) is 11.7. The summed E-state index contributed by atoms with van der Waals surface area (Å²) in [5.41, 5.74) is 1.22. The average molecular weight is 440 g/mol. The van der Waals surface area contributed by atoms with E-state index in [0.29, 0.717) is 5.92 Å². The second-order valence-electron chi connectivity index (χ2n) is 7.93. The van der Waals surface area contributed by atoms with Gasteiger partial charge in [0.1, 0.15) is 5.82 Å². The van der Waals surface area contributed by atoms with E-state index in [1.807, 2.05) is 6.07 Å². The molecule has 0 spiro atoms. The van der Waals surface area contributed by atoms with Gasteiger partial charge >= 0.3 is 0 Å². The van der Waals surface area contributed by atoms with Crippen LogP contribution in [0.5, 0.6) is 0 Å². The van der Waals surface area contributed by atoms with Crippen molar-refractivity contribution in [3.8, 4) is 0 Å². The van der Waals surface area contributed by atoms with Gasteiger partial charge in [-0.2, -0.15) is 0 Å². The number of rotatable bonds is 5. The van der Waals surface area contributed by atoms with Crippen LogP contribution in [0.25, 0.3) is 0 Å². The monoisotopic (exact) mass is 440 g/mol. The minimum absolute atomic E-state index is 0.0481. The topological polar surface area (TPSA) is 0 Å². The van der Waals surface area contributed by atoms with E-state index in [4.69, 9.17) is 0 Å². The van der Waals surface area contributed by atoms with Crippen molar-refractivity contribution in [2.45, 2.75) is 70.1 Å². The highest BCUT2D eigenvalue weighted by atomic mass is 127. The lowest BCUT2D eigenvalue weighted by molar-refractivity contribution is 0.157. The molecule has 0 bridgehead atoms. The Morgan fingerprint density at radius 1 is 1.00 bits per heavy atom. The molecule has 0 N–H and O–H groups in total. The Morgan fingerprint density at radius 3 is 2.21 bits per heavy atom. The Bertz CT molecular complexity index is 537. The van der Waals surface area contributed by atoms with Gasteiger partial charge in [0.15, 0.2) is 0 Å². The van der Waals surface area contributed by atoms with E-state index >= 15 is 0 Å². The lowest BCUT2D eigenvalue weighted by Gasteiger charge is -2.38. The first-order valence-corrected chi connectivity index (χ1v) is 10.8. The van der Waals surface area contributed by atoms with Gasteiger partial charge in [-0.3, -0.25) is 0 Å². The fourth-order valence-electron chi connectivity index (χ4n) is 4.99. The molecule has 0 heterocycles. The van der Waals surface area contributed by atoms with Crippen LogP contribution >= 0.6 is 22.6 Å². The molecule has 0 nitrogen and oxygen atoms in total. The molecule has 0 atom stereocenters. The maximum absolute atomic E-state index is 13.8. The quantitative estimate of drug-likeness (QED) is 0.329. The molecule has 0 amide bonds. The van der Waals surface area contributed by atoms with Crippen molar-refractivity contribution in [3.05, 3.63) is 45.8 Å². The van der Waals surface area contributed by atoms with Crippen LogP contribution in [0.2, 0.25) is 0 Å². The molecule has 1 aromatic carbocycles. The second kappa shape index (κ2) is 8.82. The van der Waals surface area contributed by atoms with Crippen LogP contribution in [0.15, 0.2) is 30.9 Å². The van der Waals surface area contributed by atoms with E-state index in [9.17, 15) is 4.39 Å². The SMILES string of the molecule is C=CCCC1CCC(C2CCC(c3ccc(I)c(F)c3)CC2)CC1. The molecule has 24 heavy (non-hydrogen) atoms. The van der Waals surface area contributed by atoms with Crippen LogP contribution in [0.1, 0.15) is 75.7 Å². The summed E-state index contributed by atoms with van der Waals surface area (Å²) >= 11 is 2.07. The van der Waals surface area contributed by atoms with E-state index in [-0.39, 0.29) is 5.82 Å². The lowest BCUT2D eigenvalue weighted by Crippen LogP contribution is -2.25. The summed E-state index contributed by atoms with van der Waals surface area (Å²) in [5, 5.41) is 0. The Balaban J connectivity index is 1.47. The van der Waals surface area contributed by atoms with Crippen LogP contribution in [0.4, 0.5) is 4.39 Å². The van der Waals surface area contributed by atoms with E-state index in [1.165, 1.54) is 69.8 Å². The number of hydrogen-bond donors (Lipinski definition) is 0. The molecule has 1 aromatic rings. The smallest absolute Gasteiger partial charge is 0.136 e. The Hall–Kier alpha value is -0.380. The molecule has 2 aliphatic carbocycles. The van der Waals surface area contributed by atoms with E-state index in [1.54, 1.807) is 6.07 Å². The second-order valence-corrected chi connectivity index (χ2v) is 9.09. The highest BCUT2D eigenvalue weighted by Gasteiger charge is 2.31. The van der Waals surface area contributed by atoms with Crippen molar-refractivity contribution < 1.29 is 4.39 Å². The summed E-state index contributed by atoms with van der Waals surface area (Å²) in [4.78, 5) is 0. The molecule has 2 fully saturated rings. The number of allylic oxidation sites excluding steroid dienone is 1. The summed E-state index contributed by atoms with van der Waals surface area (Å²) < 4.78 is 14.5. The molecule has 2 aliphatic rings. The fourth-order valence-corrected chi connectivity index (χ4v) is 5.33. The van der Waals surface area contributed by atoms with Gasteiger partial charge < -0.3 is 0 Å². The third-order valence-electron chi connectivity index (χ3n) is 6.52. The zero-order valence-electron chi connectivity index (χ0n) is 14.7. The summed E-state index contributed by atoms with van der Waals surface area (Å²) in [5.74, 6) is 3.37. The van der Waals surface area contributed by atoms with Crippen LogP contribution in [0.3, 0.4) is 0 Å². The molecule has 0 unspecified atom stereocenters. The standard InChI is InChI=1S/C22H30FI/c1-2-3-4-16-5-7-17(8-6-16)18-9-11-19(12-10-18)20-13-14-22(24)21(23)15-20/h2,13-19H,1,3-12H2. The predicted octanol–water partition coefficient (Wildman–Crippen LogP) is 7.48. The Kier molecular flexibility index (Phi) is 6.77. The third-order valence-corrected chi connectivity index (χ3v) is 7.40. The zero-order chi connectivity index (χ0) is 16.9. The Labute approximate surface area is 160 Å². The number of halogens is 2. The average Bonchev–Trinajstić information content (AvgIpc) is 2.63. The molecular weight excluding hydrogens is 410 g/mol. The molecule has 2 saturated carbocycles. The van der Waals surface area contributed by atoms with Gasteiger partial charge in [-0.25, -0.2) is 4.39 Å². The predicted molar refractivity (Wildman–Crippen MR) is 109 cm³/mol. The highest BCUT2D eigenvalue weighted by molar-refractivity contribution is 14.1. The number of benzene rings is 1. The minimum Gasteiger partial charge on any atom is -0.206 e. The zero-order valence-corrected chi connectivity index (χ0v) is 16.8. The van der Waals surface area contributed by atoms with E-state index in [0.717, 1.165) is 21.3 Å². The molecule has 2 heteroatoms. The van der Waals surface area contributed by atoms with Crippen LogP contribution < -0.4 is 0 Å². The Morgan fingerprint density at radius 2 is 1.62 bits per heavy atom. The van der Waals surface area contributed by atoms with Gasteiger partial charge in [-0.15, -0.1) is 6.58 Å². The van der Waals surface area contributed by atoms with E-state index in [2.05, 4.69) is 41.3 Å². The van der Waals surface area contributed by atoms with Gasteiger partial charge in [-0.1, -0.05) is 25.0 Å². The van der Waals surface area contributed by atoms with Gasteiger partial charge in [0.05, 0.1) is 0 Å². The molecule has 0 aliphatic heterocycles. The van der Waals surface area contributed by atoms with Crippen LogP contribution in [0, 0.1) is 27.1 Å². The maximum Gasteiger partial charge on any atom is 0.136 e. The third kappa shape index (κ3) is 4.62. The highest BCUT2D eigenvalue weighted by Crippen LogP contribution is 2.44. The molecular formula is C22H30FI. The van der Waals surface area contributed by atoms with Gasteiger partial charge in [0, 0.05) is 3.57 Å². The van der Waals surface area contributed by atoms with Gasteiger partial charge in [-0.05, 0) is 115 Å². The largest absolute Gasteiger partial charge is 0.206 e. The lowest BCUT2D eigenvalue weighted by atomic mass is 9.68. The van der Waals surface area contributed by atoms with Crippen molar-refractivity contribution >= 4 is 22.6 Å². The van der Waals surface area contributed by atoms with Crippen molar-refractivity contribution in [1.82, 2.24) is 0 Å². The van der Waals surface area contributed by atoms with Crippen molar-refractivity contribution in [2.24, 2.45) is 17.8 Å². The van der Waals surface area contributed by atoms with Gasteiger partial charge in [0.25, 0.3) is 0 Å². The first kappa shape index (κ1) is 18.4. The first-order valence-electron chi connectivity index (χ1n) is 9.73.